The summed E-state index contributed by atoms with van der Waals surface area (Å²) in [6, 6.07) is 3.99. The van der Waals surface area contributed by atoms with Crippen molar-refractivity contribution in [1.82, 2.24) is 20.1 Å². The number of ketones is 1. The van der Waals surface area contributed by atoms with Crippen molar-refractivity contribution >= 4 is 11.7 Å². The minimum Gasteiger partial charge on any atom is -0.347 e. The zero-order valence-corrected chi connectivity index (χ0v) is 15.9. The highest BCUT2D eigenvalue weighted by Crippen LogP contribution is 2.40. The Bertz CT molecular complexity index is 836. The molecule has 1 atom stereocenters. The number of hydrogen-bond donors (Lipinski definition) is 1. The van der Waals surface area contributed by atoms with Gasteiger partial charge >= 0.3 is 0 Å². The Balaban J connectivity index is 1.65. The van der Waals surface area contributed by atoms with E-state index >= 15 is 0 Å². The molecule has 1 fully saturated rings. The molecule has 0 saturated heterocycles. The van der Waals surface area contributed by atoms with E-state index in [0.717, 1.165) is 35.5 Å². The van der Waals surface area contributed by atoms with E-state index in [9.17, 15) is 9.59 Å². The Labute approximate surface area is 154 Å². The number of rotatable bonds is 7. The van der Waals surface area contributed by atoms with Gasteiger partial charge in [-0.1, -0.05) is 0 Å². The summed E-state index contributed by atoms with van der Waals surface area (Å²) in [5.41, 5.74) is 4.28. The normalized spacial score (nSPS) is 14.9. The molecule has 6 nitrogen and oxygen atoms in total. The second-order valence-corrected chi connectivity index (χ2v) is 7.22. The lowest BCUT2D eigenvalue weighted by molar-refractivity contribution is -0.122. The SMILES string of the molecule is CC(=O)c1c(C)nn(CCC(=O)NC(c2cc(C)ccn2)C2CC2)c1C. The average molecular weight is 354 g/mol. The molecule has 2 heterocycles. The molecule has 0 aliphatic heterocycles. The van der Waals surface area contributed by atoms with Crippen LogP contribution in [0.25, 0.3) is 0 Å². The Morgan fingerprint density at radius 3 is 2.62 bits per heavy atom. The predicted molar refractivity (Wildman–Crippen MR) is 98.9 cm³/mol. The van der Waals surface area contributed by atoms with Crippen molar-refractivity contribution in [3.63, 3.8) is 0 Å². The molecular weight excluding hydrogens is 328 g/mol. The second-order valence-electron chi connectivity index (χ2n) is 7.22. The molecule has 1 unspecified atom stereocenters. The van der Waals surface area contributed by atoms with Crippen molar-refractivity contribution in [3.05, 3.63) is 46.5 Å². The Hall–Kier alpha value is -2.50. The fourth-order valence-electron chi connectivity index (χ4n) is 3.47. The molecule has 6 heteroatoms. The number of carbonyl (C=O) groups excluding carboxylic acids is 2. The van der Waals surface area contributed by atoms with Crippen LogP contribution in [0, 0.1) is 26.7 Å². The van der Waals surface area contributed by atoms with Crippen LogP contribution in [-0.4, -0.2) is 26.5 Å². The topological polar surface area (TPSA) is 76.9 Å². The molecule has 1 saturated carbocycles. The molecule has 0 aromatic carbocycles. The van der Waals surface area contributed by atoms with Gasteiger partial charge < -0.3 is 5.32 Å². The van der Waals surface area contributed by atoms with Crippen molar-refractivity contribution in [2.24, 2.45) is 5.92 Å². The van der Waals surface area contributed by atoms with Gasteiger partial charge in [-0.25, -0.2) is 0 Å². The van der Waals surface area contributed by atoms with Crippen molar-refractivity contribution in [1.29, 1.82) is 0 Å². The third-order valence-corrected chi connectivity index (χ3v) is 4.95. The molecule has 1 N–H and O–H groups in total. The lowest BCUT2D eigenvalue weighted by atomic mass is 10.1. The van der Waals surface area contributed by atoms with Crippen molar-refractivity contribution < 1.29 is 9.59 Å². The van der Waals surface area contributed by atoms with Gasteiger partial charge in [-0.05, 0) is 64.2 Å². The number of nitrogens with zero attached hydrogens (tertiary/aromatic N) is 3. The molecule has 0 spiro atoms. The number of nitrogens with one attached hydrogen (secondary N) is 1. The fraction of sp³-hybridized carbons (Fsp3) is 0.500. The zero-order chi connectivity index (χ0) is 18.8. The maximum Gasteiger partial charge on any atom is 0.222 e. The van der Waals surface area contributed by atoms with Crippen LogP contribution >= 0.6 is 0 Å². The summed E-state index contributed by atoms with van der Waals surface area (Å²) in [5.74, 6) is 0.475. The van der Waals surface area contributed by atoms with E-state index in [4.69, 9.17) is 0 Å². The largest absolute Gasteiger partial charge is 0.347 e. The first-order chi connectivity index (χ1) is 12.4. The molecule has 2 aromatic heterocycles. The van der Waals surface area contributed by atoms with Crippen molar-refractivity contribution in [2.45, 2.75) is 59.5 Å². The smallest absolute Gasteiger partial charge is 0.222 e. The first-order valence-corrected chi connectivity index (χ1v) is 9.13. The van der Waals surface area contributed by atoms with Crippen LogP contribution in [0.1, 0.15) is 65.2 Å². The van der Waals surface area contributed by atoms with Gasteiger partial charge in [0.15, 0.2) is 5.78 Å². The van der Waals surface area contributed by atoms with E-state index in [2.05, 4.69) is 15.4 Å². The number of aromatic nitrogens is 3. The maximum absolute atomic E-state index is 12.5. The van der Waals surface area contributed by atoms with Crippen LogP contribution in [-0.2, 0) is 11.3 Å². The van der Waals surface area contributed by atoms with Crippen LogP contribution < -0.4 is 5.32 Å². The highest BCUT2D eigenvalue weighted by Gasteiger charge is 2.34. The molecule has 1 amide bonds. The number of carbonyl (C=O) groups is 2. The number of amides is 1. The Morgan fingerprint density at radius 2 is 2.04 bits per heavy atom. The highest BCUT2D eigenvalue weighted by atomic mass is 16.1. The summed E-state index contributed by atoms with van der Waals surface area (Å²) in [7, 11) is 0. The molecule has 0 bridgehead atoms. The van der Waals surface area contributed by atoms with Gasteiger partial charge in [-0.2, -0.15) is 5.10 Å². The van der Waals surface area contributed by atoms with Gasteiger partial charge in [0.25, 0.3) is 0 Å². The summed E-state index contributed by atoms with van der Waals surface area (Å²) in [4.78, 5) is 28.7. The minimum atomic E-state index is -0.0179. The van der Waals surface area contributed by atoms with Gasteiger partial charge in [-0.3, -0.25) is 19.3 Å². The molecule has 0 radical (unpaired) electrons. The van der Waals surface area contributed by atoms with Crippen LogP contribution in [0.3, 0.4) is 0 Å². The second kappa shape index (κ2) is 7.40. The fourth-order valence-corrected chi connectivity index (χ4v) is 3.47. The van der Waals surface area contributed by atoms with Gasteiger partial charge in [0, 0.05) is 24.9 Å². The van der Waals surface area contributed by atoms with E-state index in [0.29, 0.717) is 24.4 Å². The molecular formula is C20H26N4O2. The number of Topliss-reactive ketones (excluding diaryl/α,β-unsaturated/α-hetero) is 1. The minimum absolute atomic E-state index is 0.00928. The Kier molecular flexibility index (Phi) is 5.20. The standard InChI is InChI=1S/C20H26N4O2/c1-12-7-9-21-17(11-12)20(16-5-6-16)22-18(26)8-10-24-14(3)19(15(4)25)13(2)23-24/h7,9,11,16,20H,5-6,8,10H2,1-4H3,(H,22,26). The first kappa shape index (κ1) is 18.3. The monoisotopic (exact) mass is 354 g/mol. The molecule has 2 aromatic rings. The molecule has 138 valence electrons. The molecule has 26 heavy (non-hydrogen) atoms. The zero-order valence-electron chi connectivity index (χ0n) is 15.9. The number of hydrogen-bond acceptors (Lipinski definition) is 4. The molecule has 1 aliphatic carbocycles. The summed E-state index contributed by atoms with van der Waals surface area (Å²) >= 11 is 0. The summed E-state index contributed by atoms with van der Waals surface area (Å²) in [6.07, 6.45) is 4.37. The summed E-state index contributed by atoms with van der Waals surface area (Å²) in [5, 5.41) is 7.55. The van der Waals surface area contributed by atoms with Gasteiger partial charge in [0.05, 0.1) is 23.0 Å². The third-order valence-electron chi connectivity index (χ3n) is 4.95. The molecule has 1 aliphatic rings. The highest BCUT2D eigenvalue weighted by molar-refractivity contribution is 5.96. The van der Waals surface area contributed by atoms with E-state index in [1.807, 2.05) is 32.9 Å². The van der Waals surface area contributed by atoms with Gasteiger partial charge in [-0.15, -0.1) is 0 Å². The number of aryl methyl sites for hydroxylation is 3. The maximum atomic E-state index is 12.5. The van der Waals surface area contributed by atoms with Crippen LogP contribution in [0.4, 0.5) is 0 Å². The average Bonchev–Trinajstić information content (AvgIpc) is 3.36. The van der Waals surface area contributed by atoms with Crippen molar-refractivity contribution in [2.75, 3.05) is 0 Å². The number of pyridine rings is 1. The van der Waals surface area contributed by atoms with E-state index in [-0.39, 0.29) is 17.7 Å². The van der Waals surface area contributed by atoms with Crippen LogP contribution in [0.5, 0.6) is 0 Å². The van der Waals surface area contributed by atoms with Gasteiger partial charge in [0.1, 0.15) is 0 Å². The van der Waals surface area contributed by atoms with E-state index < -0.39 is 0 Å². The lowest BCUT2D eigenvalue weighted by Gasteiger charge is -2.18. The third kappa shape index (κ3) is 4.00. The molecule has 3 rings (SSSR count). The van der Waals surface area contributed by atoms with E-state index in [1.54, 1.807) is 17.8 Å². The Morgan fingerprint density at radius 1 is 1.31 bits per heavy atom. The van der Waals surface area contributed by atoms with Gasteiger partial charge in [0.2, 0.25) is 5.91 Å². The quantitative estimate of drug-likeness (QED) is 0.775. The first-order valence-electron chi connectivity index (χ1n) is 9.13. The van der Waals surface area contributed by atoms with Crippen molar-refractivity contribution in [3.8, 4) is 0 Å². The van der Waals surface area contributed by atoms with E-state index in [1.165, 1.54) is 0 Å². The summed E-state index contributed by atoms with van der Waals surface area (Å²) < 4.78 is 1.75. The lowest BCUT2D eigenvalue weighted by Crippen LogP contribution is -2.31. The van der Waals surface area contributed by atoms with Crippen LogP contribution in [0.15, 0.2) is 18.3 Å². The van der Waals surface area contributed by atoms with Crippen LogP contribution in [0.2, 0.25) is 0 Å². The predicted octanol–water partition coefficient (Wildman–Crippen LogP) is 3.06. The summed E-state index contributed by atoms with van der Waals surface area (Å²) in [6.45, 7) is 7.74.